The average Bonchev–Trinajstić information content (AvgIpc) is 2.37. The second-order valence-corrected chi connectivity index (χ2v) is 7.00. The van der Waals surface area contributed by atoms with Gasteiger partial charge >= 0.3 is 0 Å². The summed E-state index contributed by atoms with van der Waals surface area (Å²) in [5.74, 6) is -0.356. The van der Waals surface area contributed by atoms with Crippen molar-refractivity contribution in [2.24, 2.45) is 0 Å². The molecule has 1 aromatic carbocycles. The number of carbonyl (C=O) groups is 1. The molecule has 0 radical (unpaired) electrons. The summed E-state index contributed by atoms with van der Waals surface area (Å²) in [5.41, 5.74) is 0.669. The standard InChI is InChI=1S/C13H19BrN2O3S/c1-3-16(4-2)13(17)9-15-20(18,19)10-11-6-5-7-12(14)8-11/h5-8,15H,3-4,9-10H2,1-2H3. The van der Waals surface area contributed by atoms with Crippen molar-refractivity contribution in [3.63, 3.8) is 0 Å². The Balaban J connectivity index is 2.60. The lowest BCUT2D eigenvalue weighted by Gasteiger charge is -2.18. The second-order valence-electron chi connectivity index (χ2n) is 4.28. The number of hydrogen-bond donors (Lipinski definition) is 1. The summed E-state index contributed by atoms with van der Waals surface area (Å²) < 4.78 is 27.0. The molecule has 0 spiro atoms. The van der Waals surface area contributed by atoms with Gasteiger partial charge in [-0.05, 0) is 31.5 Å². The van der Waals surface area contributed by atoms with Crippen molar-refractivity contribution in [2.75, 3.05) is 19.6 Å². The fourth-order valence-electron chi connectivity index (χ4n) is 1.76. The predicted molar refractivity (Wildman–Crippen MR) is 82.7 cm³/mol. The van der Waals surface area contributed by atoms with Gasteiger partial charge in [-0.2, -0.15) is 0 Å². The van der Waals surface area contributed by atoms with Crippen molar-refractivity contribution in [1.29, 1.82) is 0 Å². The lowest BCUT2D eigenvalue weighted by atomic mass is 10.2. The number of rotatable bonds is 7. The third kappa shape index (κ3) is 5.60. The minimum Gasteiger partial charge on any atom is -0.342 e. The average molecular weight is 363 g/mol. The van der Waals surface area contributed by atoms with E-state index in [0.29, 0.717) is 18.7 Å². The molecule has 0 atom stereocenters. The maximum absolute atomic E-state index is 11.9. The first kappa shape index (κ1) is 17.1. The lowest BCUT2D eigenvalue weighted by Crippen LogP contribution is -2.40. The van der Waals surface area contributed by atoms with E-state index in [9.17, 15) is 13.2 Å². The first-order chi connectivity index (χ1) is 9.38. The quantitative estimate of drug-likeness (QED) is 0.803. The van der Waals surface area contributed by atoms with Crippen LogP contribution in [0.5, 0.6) is 0 Å². The number of nitrogens with one attached hydrogen (secondary N) is 1. The van der Waals surface area contributed by atoms with Gasteiger partial charge in [0.15, 0.2) is 0 Å². The van der Waals surface area contributed by atoms with Crippen LogP contribution in [-0.4, -0.2) is 38.9 Å². The Kier molecular flexibility index (Phi) is 6.64. The highest BCUT2D eigenvalue weighted by Crippen LogP contribution is 2.13. The van der Waals surface area contributed by atoms with Crippen LogP contribution >= 0.6 is 15.9 Å². The summed E-state index contributed by atoms with van der Waals surface area (Å²) in [5, 5.41) is 0. The van der Waals surface area contributed by atoms with Crippen LogP contribution in [0, 0.1) is 0 Å². The Labute approximate surface area is 128 Å². The maximum Gasteiger partial charge on any atom is 0.237 e. The predicted octanol–water partition coefficient (Wildman–Crippen LogP) is 1.74. The van der Waals surface area contributed by atoms with Crippen LogP contribution < -0.4 is 4.72 Å². The van der Waals surface area contributed by atoms with Crippen molar-refractivity contribution in [3.8, 4) is 0 Å². The van der Waals surface area contributed by atoms with Crippen molar-refractivity contribution < 1.29 is 13.2 Å². The van der Waals surface area contributed by atoms with Crippen LogP contribution in [0.15, 0.2) is 28.7 Å². The molecule has 7 heteroatoms. The van der Waals surface area contributed by atoms with Crippen LogP contribution in [0.1, 0.15) is 19.4 Å². The molecule has 112 valence electrons. The fraction of sp³-hybridized carbons (Fsp3) is 0.462. The second kappa shape index (κ2) is 7.75. The molecule has 1 rings (SSSR count). The molecular formula is C13H19BrN2O3S. The molecule has 0 aliphatic rings. The van der Waals surface area contributed by atoms with E-state index < -0.39 is 10.0 Å². The van der Waals surface area contributed by atoms with Gasteiger partial charge in [0.2, 0.25) is 15.9 Å². The zero-order valence-corrected chi connectivity index (χ0v) is 14.0. The van der Waals surface area contributed by atoms with E-state index >= 15 is 0 Å². The number of likely N-dealkylation sites (N-methyl/N-ethyl adjacent to an activating group) is 1. The molecule has 0 heterocycles. The van der Waals surface area contributed by atoms with E-state index in [-0.39, 0.29) is 18.2 Å². The van der Waals surface area contributed by atoms with E-state index in [0.717, 1.165) is 4.47 Å². The normalized spacial score (nSPS) is 11.3. The van der Waals surface area contributed by atoms with Crippen LogP contribution in [0.2, 0.25) is 0 Å². The first-order valence-corrected chi connectivity index (χ1v) is 8.82. The molecule has 0 saturated heterocycles. The number of benzene rings is 1. The minimum absolute atomic E-state index is 0.141. The van der Waals surface area contributed by atoms with Crippen molar-refractivity contribution in [1.82, 2.24) is 9.62 Å². The van der Waals surface area contributed by atoms with E-state index in [4.69, 9.17) is 0 Å². The van der Waals surface area contributed by atoms with E-state index in [1.165, 1.54) is 0 Å². The SMILES string of the molecule is CCN(CC)C(=O)CNS(=O)(=O)Cc1cccc(Br)c1. The van der Waals surface area contributed by atoms with Crippen molar-refractivity contribution in [3.05, 3.63) is 34.3 Å². The molecule has 1 N–H and O–H groups in total. The summed E-state index contributed by atoms with van der Waals surface area (Å²) in [4.78, 5) is 13.3. The summed E-state index contributed by atoms with van der Waals surface area (Å²) >= 11 is 3.29. The third-order valence-electron chi connectivity index (χ3n) is 2.81. The van der Waals surface area contributed by atoms with Crippen molar-refractivity contribution >= 4 is 31.9 Å². The highest BCUT2D eigenvalue weighted by molar-refractivity contribution is 9.10. The molecule has 0 saturated carbocycles. The van der Waals surface area contributed by atoms with Gasteiger partial charge in [-0.3, -0.25) is 4.79 Å². The topological polar surface area (TPSA) is 66.5 Å². The Bertz CT molecular complexity index is 556. The third-order valence-corrected chi connectivity index (χ3v) is 4.60. The lowest BCUT2D eigenvalue weighted by molar-refractivity contribution is -0.129. The molecule has 0 bridgehead atoms. The Morgan fingerprint density at radius 1 is 1.30 bits per heavy atom. The molecule has 5 nitrogen and oxygen atoms in total. The molecule has 0 aromatic heterocycles. The number of amides is 1. The highest BCUT2D eigenvalue weighted by atomic mass is 79.9. The molecule has 1 amide bonds. The van der Waals surface area contributed by atoms with Gasteiger partial charge in [0.05, 0.1) is 12.3 Å². The van der Waals surface area contributed by atoms with Gasteiger partial charge in [0.25, 0.3) is 0 Å². The first-order valence-electron chi connectivity index (χ1n) is 6.37. The largest absolute Gasteiger partial charge is 0.342 e. The number of hydrogen-bond acceptors (Lipinski definition) is 3. The number of halogens is 1. The number of carbonyl (C=O) groups excluding carboxylic acids is 1. The summed E-state index contributed by atoms with van der Waals surface area (Å²) in [6, 6.07) is 7.07. The zero-order valence-electron chi connectivity index (χ0n) is 11.6. The molecule has 1 aromatic rings. The minimum atomic E-state index is -3.51. The smallest absolute Gasteiger partial charge is 0.237 e. The Morgan fingerprint density at radius 2 is 1.95 bits per heavy atom. The molecule has 20 heavy (non-hydrogen) atoms. The van der Waals surface area contributed by atoms with Gasteiger partial charge in [0, 0.05) is 17.6 Å². The molecule has 0 aliphatic carbocycles. The van der Waals surface area contributed by atoms with Crippen LogP contribution in [-0.2, 0) is 20.6 Å². The van der Waals surface area contributed by atoms with E-state index in [1.54, 1.807) is 23.1 Å². The van der Waals surface area contributed by atoms with Gasteiger partial charge in [-0.1, -0.05) is 28.1 Å². The number of nitrogens with zero attached hydrogens (tertiary/aromatic N) is 1. The maximum atomic E-state index is 11.9. The Hall–Kier alpha value is -0.920. The van der Waals surface area contributed by atoms with Crippen LogP contribution in [0.4, 0.5) is 0 Å². The van der Waals surface area contributed by atoms with E-state index in [2.05, 4.69) is 20.7 Å². The summed E-state index contributed by atoms with van der Waals surface area (Å²) in [6.07, 6.45) is 0. The van der Waals surface area contributed by atoms with E-state index in [1.807, 2.05) is 19.9 Å². The monoisotopic (exact) mass is 362 g/mol. The summed E-state index contributed by atoms with van der Waals surface area (Å²) in [7, 11) is -3.51. The van der Waals surface area contributed by atoms with Crippen LogP contribution in [0.3, 0.4) is 0 Å². The van der Waals surface area contributed by atoms with Gasteiger partial charge in [-0.25, -0.2) is 13.1 Å². The molecule has 0 aliphatic heterocycles. The zero-order chi connectivity index (χ0) is 15.2. The molecule has 0 fully saturated rings. The highest BCUT2D eigenvalue weighted by Gasteiger charge is 2.16. The molecule has 0 unspecified atom stereocenters. The van der Waals surface area contributed by atoms with Crippen LogP contribution in [0.25, 0.3) is 0 Å². The van der Waals surface area contributed by atoms with Crippen molar-refractivity contribution in [2.45, 2.75) is 19.6 Å². The fourth-order valence-corrected chi connectivity index (χ4v) is 3.27. The number of sulfonamides is 1. The Morgan fingerprint density at radius 3 is 2.50 bits per heavy atom. The van der Waals surface area contributed by atoms with Gasteiger partial charge < -0.3 is 4.90 Å². The van der Waals surface area contributed by atoms with Gasteiger partial charge in [0.1, 0.15) is 0 Å². The van der Waals surface area contributed by atoms with Gasteiger partial charge in [-0.15, -0.1) is 0 Å². The summed E-state index contributed by atoms with van der Waals surface area (Å²) in [6.45, 7) is 4.66. The molecular weight excluding hydrogens is 344 g/mol.